The lowest BCUT2D eigenvalue weighted by molar-refractivity contribution is 0.255. The van der Waals surface area contributed by atoms with Crippen molar-refractivity contribution in [1.29, 1.82) is 0 Å². The standard InChI is InChI=1S/C16H27NO/c1-5-9-14(17-6-2)12-18-16-11-8-7-10-15(16)13(3)4/h7-8,10-11,13-14,17H,5-6,9,12H2,1-4H3. The van der Waals surface area contributed by atoms with Crippen LogP contribution in [0.2, 0.25) is 0 Å². The van der Waals surface area contributed by atoms with Gasteiger partial charge in [0.15, 0.2) is 0 Å². The molecule has 0 spiro atoms. The first kappa shape index (κ1) is 15.0. The van der Waals surface area contributed by atoms with E-state index in [0.29, 0.717) is 12.0 Å². The highest BCUT2D eigenvalue weighted by Gasteiger charge is 2.10. The third kappa shape index (κ3) is 4.69. The van der Waals surface area contributed by atoms with Crippen LogP contribution in [0.5, 0.6) is 5.75 Å². The molecular formula is C16H27NO. The number of para-hydroxylation sites is 1. The first-order chi connectivity index (χ1) is 8.69. The average Bonchev–Trinajstić information content (AvgIpc) is 2.36. The van der Waals surface area contributed by atoms with Gasteiger partial charge in [-0.05, 0) is 30.5 Å². The summed E-state index contributed by atoms with van der Waals surface area (Å²) >= 11 is 0. The van der Waals surface area contributed by atoms with E-state index in [2.05, 4.69) is 51.2 Å². The summed E-state index contributed by atoms with van der Waals surface area (Å²) < 4.78 is 6.00. The molecule has 0 aliphatic rings. The summed E-state index contributed by atoms with van der Waals surface area (Å²) in [7, 11) is 0. The number of likely N-dealkylation sites (N-methyl/N-ethyl adjacent to an activating group) is 1. The molecule has 0 fully saturated rings. The van der Waals surface area contributed by atoms with E-state index in [1.54, 1.807) is 0 Å². The second kappa shape index (κ2) is 8.15. The average molecular weight is 249 g/mol. The van der Waals surface area contributed by atoms with Crippen LogP contribution in [0.15, 0.2) is 24.3 Å². The van der Waals surface area contributed by atoms with Crippen molar-refractivity contribution in [2.24, 2.45) is 0 Å². The maximum absolute atomic E-state index is 6.00. The molecular weight excluding hydrogens is 222 g/mol. The monoisotopic (exact) mass is 249 g/mol. The molecule has 0 saturated carbocycles. The Morgan fingerprint density at radius 1 is 1.17 bits per heavy atom. The van der Waals surface area contributed by atoms with Crippen molar-refractivity contribution in [3.8, 4) is 5.75 Å². The summed E-state index contributed by atoms with van der Waals surface area (Å²) in [5.41, 5.74) is 1.30. The molecule has 2 heteroatoms. The van der Waals surface area contributed by atoms with Crippen molar-refractivity contribution in [1.82, 2.24) is 5.32 Å². The molecule has 0 aliphatic carbocycles. The summed E-state index contributed by atoms with van der Waals surface area (Å²) in [5, 5.41) is 3.48. The Balaban J connectivity index is 2.61. The molecule has 0 radical (unpaired) electrons. The van der Waals surface area contributed by atoms with Gasteiger partial charge in [-0.15, -0.1) is 0 Å². The molecule has 2 nitrogen and oxygen atoms in total. The van der Waals surface area contributed by atoms with Gasteiger partial charge >= 0.3 is 0 Å². The van der Waals surface area contributed by atoms with Crippen molar-refractivity contribution in [2.45, 2.75) is 52.5 Å². The molecule has 1 aromatic carbocycles. The van der Waals surface area contributed by atoms with Gasteiger partial charge in [-0.3, -0.25) is 0 Å². The molecule has 0 heterocycles. The van der Waals surface area contributed by atoms with Crippen molar-refractivity contribution in [3.05, 3.63) is 29.8 Å². The summed E-state index contributed by atoms with van der Waals surface area (Å²) in [6, 6.07) is 8.81. The molecule has 1 N–H and O–H groups in total. The van der Waals surface area contributed by atoms with E-state index in [4.69, 9.17) is 4.74 Å². The van der Waals surface area contributed by atoms with E-state index in [1.807, 2.05) is 6.07 Å². The SMILES string of the molecule is CCCC(COc1ccccc1C(C)C)NCC. The quantitative estimate of drug-likeness (QED) is 0.753. The van der Waals surface area contributed by atoms with Crippen LogP contribution in [0.1, 0.15) is 52.0 Å². The summed E-state index contributed by atoms with van der Waals surface area (Å²) in [4.78, 5) is 0. The maximum Gasteiger partial charge on any atom is 0.122 e. The topological polar surface area (TPSA) is 21.3 Å². The minimum Gasteiger partial charge on any atom is -0.492 e. The van der Waals surface area contributed by atoms with Gasteiger partial charge < -0.3 is 10.1 Å². The number of hydrogen-bond acceptors (Lipinski definition) is 2. The van der Waals surface area contributed by atoms with Crippen LogP contribution in [-0.4, -0.2) is 19.2 Å². The fourth-order valence-electron chi connectivity index (χ4n) is 2.16. The minimum atomic E-state index is 0.459. The largest absolute Gasteiger partial charge is 0.492 e. The van der Waals surface area contributed by atoms with Gasteiger partial charge in [0.2, 0.25) is 0 Å². The van der Waals surface area contributed by atoms with Gasteiger partial charge in [-0.25, -0.2) is 0 Å². The van der Waals surface area contributed by atoms with Crippen molar-refractivity contribution < 1.29 is 4.74 Å². The molecule has 0 aliphatic heterocycles. The van der Waals surface area contributed by atoms with Crippen LogP contribution in [0.4, 0.5) is 0 Å². The zero-order valence-corrected chi connectivity index (χ0v) is 12.2. The second-order valence-corrected chi connectivity index (χ2v) is 5.05. The van der Waals surface area contributed by atoms with Gasteiger partial charge in [-0.1, -0.05) is 52.3 Å². The van der Waals surface area contributed by atoms with Crippen molar-refractivity contribution in [2.75, 3.05) is 13.2 Å². The van der Waals surface area contributed by atoms with E-state index in [1.165, 1.54) is 12.0 Å². The molecule has 102 valence electrons. The Labute approximate surface area is 112 Å². The molecule has 1 rings (SSSR count). The number of ether oxygens (including phenoxy) is 1. The smallest absolute Gasteiger partial charge is 0.122 e. The lowest BCUT2D eigenvalue weighted by Gasteiger charge is -2.20. The molecule has 1 unspecified atom stereocenters. The fourth-order valence-corrected chi connectivity index (χ4v) is 2.16. The number of nitrogens with one attached hydrogen (secondary N) is 1. The fraction of sp³-hybridized carbons (Fsp3) is 0.625. The lowest BCUT2D eigenvalue weighted by Crippen LogP contribution is -2.34. The summed E-state index contributed by atoms with van der Waals surface area (Å²) in [5.74, 6) is 1.54. The number of rotatable bonds is 8. The van der Waals surface area contributed by atoms with E-state index in [9.17, 15) is 0 Å². The summed E-state index contributed by atoms with van der Waals surface area (Å²) in [6.07, 6.45) is 2.35. The Kier molecular flexibility index (Phi) is 6.81. The molecule has 1 atom stereocenters. The maximum atomic E-state index is 6.00. The van der Waals surface area contributed by atoms with Crippen LogP contribution < -0.4 is 10.1 Å². The lowest BCUT2D eigenvalue weighted by atomic mass is 10.0. The third-order valence-corrected chi connectivity index (χ3v) is 3.11. The Bertz CT molecular complexity index is 330. The van der Waals surface area contributed by atoms with Gasteiger partial charge in [-0.2, -0.15) is 0 Å². The predicted molar refractivity (Wildman–Crippen MR) is 78.4 cm³/mol. The van der Waals surface area contributed by atoms with Crippen LogP contribution in [0, 0.1) is 0 Å². The normalized spacial score (nSPS) is 12.7. The zero-order chi connectivity index (χ0) is 13.4. The van der Waals surface area contributed by atoms with Gasteiger partial charge in [0.05, 0.1) is 0 Å². The van der Waals surface area contributed by atoms with E-state index < -0.39 is 0 Å². The molecule has 18 heavy (non-hydrogen) atoms. The first-order valence-electron chi connectivity index (χ1n) is 7.14. The molecule has 0 amide bonds. The van der Waals surface area contributed by atoms with Crippen LogP contribution in [0.3, 0.4) is 0 Å². The minimum absolute atomic E-state index is 0.459. The van der Waals surface area contributed by atoms with Gasteiger partial charge in [0.1, 0.15) is 12.4 Å². The number of hydrogen-bond donors (Lipinski definition) is 1. The van der Waals surface area contributed by atoms with Crippen LogP contribution in [0.25, 0.3) is 0 Å². The van der Waals surface area contributed by atoms with Crippen molar-refractivity contribution in [3.63, 3.8) is 0 Å². The third-order valence-electron chi connectivity index (χ3n) is 3.11. The molecule has 0 saturated heterocycles. The molecule has 1 aromatic rings. The van der Waals surface area contributed by atoms with E-state index in [-0.39, 0.29) is 0 Å². The highest BCUT2D eigenvalue weighted by molar-refractivity contribution is 5.35. The Hall–Kier alpha value is -1.02. The second-order valence-electron chi connectivity index (χ2n) is 5.05. The Morgan fingerprint density at radius 3 is 2.50 bits per heavy atom. The first-order valence-corrected chi connectivity index (χ1v) is 7.14. The highest BCUT2D eigenvalue weighted by Crippen LogP contribution is 2.25. The van der Waals surface area contributed by atoms with Crippen molar-refractivity contribution >= 4 is 0 Å². The molecule has 0 bridgehead atoms. The van der Waals surface area contributed by atoms with Crippen LogP contribution in [-0.2, 0) is 0 Å². The zero-order valence-electron chi connectivity index (χ0n) is 12.2. The predicted octanol–water partition coefficient (Wildman–Crippen LogP) is 3.97. The van der Waals surface area contributed by atoms with E-state index >= 15 is 0 Å². The van der Waals surface area contributed by atoms with E-state index in [0.717, 1.165) is 25.3 Å². The Morgan fingerprint density at radius 2 is 1.89 bits per heavy atom. The summed E-state index contributed by atoms with van der Waals surface area (Å²) in [6.45, 7) is 10.5. The van der Waals surface area contributed by atoms with Crippen LogP contribution >= 0.6 is 0 Å². The van der Waals surface area contributed by atoms with Gasteiger partial charge in [0, 0.05) is 6.04 Å². The number of benzene rings is 1. The molecule has 0 aromatic heterocycles. The highest BCUT2D eigenvalue weighted by atomic mass is 16.5. The van der Waals surface area contributed by atoms with Gasteiger partial charge in [0.25, 0.3) is 0 Å².